The van der Waals surface area contributed by atoms with Crippen LogP contribution in [0.15, 0.2) is 65.9 Å². The van der Waals surface area contributed by atoms with Crippen molar-refractivity contribution in [3.63, 3.8) is 0 Å². The summed E-state index contributed by atoms with van der Waals surface area (Å²) in [5, 5.41) is 29.2. The Morgan fingerprint density at radius 1 is 1.18 bits per heavy atom. The number of carboxylic acids is 2. The van der Waals surface area contributed by atoms with E-state index in [2.05, 4.69) is 11.1 Å². The van der Waals surface area contributed by atoms with E-state index >= 15 is 0 Å². The van der Waals surface area contributed by atoms with Gasteiger partial charge in [-0.1, -0.05) is 38.1 Å². The molecule has 0 fully saturated rings. The molecule has 0 saturated heterocycles. The number of para-hydroxylation sites is 1. The van der Waals surface area contributed by atoms with E-state index in [1.807, 2.05) is 38.2 Å². The zero-order valence-electron chi connectivity index (χ0n) is 20.1. The van der Waals surface area contributed by atoms with E-state index in [-0.39, 0.29) is 18.6 Å². The Balaban J connectivity index is 0.000000246. The number of aliphatic carboxylic acids is 2. The quantitative estimate of drug-likeness (QED) is 0.341. The molecule has 0 amide bonds. The number of carboxylic acid groups (broad SMARTS) is 2. The molecule has 7 heteroatoms. The van der Waals surface area contributed by atoms with Crippen LogP contribution in [0.5, 0.6) is 0 Å². The molecule has 7 nitrogen and oxygen atoms in total. The minimum atomic E-state index is -1.24. The summed E-state index contributed by atoms with van der Waals surface area (Å²) in [6.07, 6.45) is 9.63. The first kappa shape index (κ1) is 26.8. The number of nitrogens with one attached hydrogen (secondary N) is 1. The van der Waals surface area contributed by atoms with Gasteiger partial charge in [0.05, 0.1) is 0 Å². The molecular weight excluding hydrogens is 434 g/mol. The van der Waals surface area contributed by atoms with E-state index in [9.17, 15) is 19.5 Å². The molecule has 0 bridgehead atoms. The number of allylic oxidation sites excluding steroid dienone is 3. The van der Waals surface area contributed by atoms with Gasteiger partial charge in [-0.25, -0.2) is 4.79 Å². The molecule has 3 rings (SSSR count). The van der Waals surface area contributed by atoms with Gasteiger partial charge in [0.1, 0.15) is 5.60 Å². The van der Waals surface area contributed by atoms with E-state index in [0.717, 1.165) is 18.0 Å². The highest BCUT2D eigenvalue weighted by molar-refractivity contribution is 5.92. The van der Waals surface area contributed by atoms with Gasteiger partial charge < -0.3 is 20.3 Å². The third kappa shape index (κ3) is 6.78. The Hall–Kier alpha value is -3.45. The molecule has 1 aliphatic carbocycles. The second-order valence-electron chi connectivity index (χ2n) is 9.29. The maximum absolute atomic E-state index is 11.6. The number of carbonyl (C=O) groups excluding carboxylic acids is 1. The first-order valence-electron chi connectivity index (χ1n) is 11.2. The number of benzene rings is 1. The fourth-order valence-corrected chi connectivity index (χ4v) is 4.13. The lowest BCUT2D eigenvalue weighted by Gasteiger charge is -2.43. The molecule has 1 aliphatic rings. The van der Waals surface area contributed by atoms with Gasteiger partial charge in [0.25, 0.3) is 0 Å². The van der Waals surface area contributed by atoms with Crippen LogP contribution >= 0.6 is 0 Å². The minimum absolute atomic E-state index is 0.00150. The van der Waals surface area contributed by atoms with Gasteiger partial charge in [0, 0.05) is 41.4 Å². The topological polar surface area (TPSA) is 128 Å². The monoisotopic (exact) mass is 467 g/mol. The van der Waals surface area contributed by atoms with Crippen molar-refractivity contribution < 1.29 is 29.7 Å². The van der Waals surface area contributed by atoms with Crippen molar-refractivity contribution in [2.45, 2.75) is 59.0 Å². The van der Waals surface area contributed by atoms with Crippen LogP contribution in [0, 0.1) is 5.41 Å². The first-order chi connectivity index (χ1) is 15.9. The fourth-order valence-electron chi connectivity index (χ4n) is 4.13. The number of hydrogen-bond donors (Lipinski definition) is 4. The van der Waals surface area contributed by atoms with Gasteiger partial charge in [0.15, 0.2) is 5.78 Å². The van der Waals surface area contributed by atoms with Gasteiger partial charge in [-0.2, -0.15) is 0 Å². The van der Waals surface area contributed by atoms with Crippen LogP contribution in [0.4, 0.5) is 0 Å². The van der Waals surface area contributed by atoms with Crippen LogP contribution in [0.3, 0.4) is 0 Å². The van der Waals surface area contributed by atoms with Crippen molar-refractivity contribution in [3.8, 4) is 0 Å². The Kier molecular flexibility index (Phi) is 8.76. The van der Waals surface area contributed by atoms with Crippen LogP contribution < -0.4 is 0 Å². The zero-order chi connectivity index (χ0) is 25.5. The van der Waals surface area contributed by atoms with Crippen molar-refractivity contribution >= 4 is 28.6 Å². The fraction of sp³-hybridized carbons (Fsp3) is 0.370. The lowest BCUT2D eigenvalue weighted by atomic mass is 9.64. The number of hydrogen-bond acceptors (Lipinski definition) is 4. The number of aromatic amines is 1. The minimum Gasteiger partial charge on any atom is -0.481 e. The molecule has 1 heterocycles. The predicted octanol–water partition coefficient (Wildman–Crippen LogP) is 4.83. The summed E-state index contributed by atoms with van der Waals surface area (Å²) in [7, 11) is 0. The molecule has 0 radical (unpaired) electrons. The van der Waals surface area contributed by atoms with Gasteiger partial charge in [-0.3, -0.25) is 9.59 Å². The summed E-state index contributed by atoms with van der Waals surface area (Å²) in [5.74, 6) is -1.76. The molecule has 0 aliphatic heterocycles. The second kappa shape index (κ2) is 11.1. The van der Waals surface area contributed by atoms with Crippen LogP contribution in [-0.2, 0) is 20.8 Å². The Morgan fingerprint density at radius 3 is 2.47 bits per heavy atom. The van der Waals surface area contributed by atoms with Crippen molar-refractivity contribution in [2.24, 2.45) is 5.41 Å². The number of aromatic nitrogens is 1. The maximum atomic E-state index is 11.6. The van der Waals surface area contributed by atoms with Gasteiger partial charge in [-0.05, 0) is 61.6 Å². The second-order valence-corrected chi connectivity index (χ2v) is 9.29. The van der Waals surface area contributed by atoms with Crippen molar-refractivity contribution in [2.75, 3.05) is 0 Å². The molecule has 2 aromatic rings. The third-order valence-corrected chi connectivity index (χ3v) is 6.08. The largest absolute Gasteiger partial charge is 0.481 e. The lowest BCUT2D eigenvalue weighted by Crippen LogP contribution is -2.48. The maximum Gasteiger partial charge on any atom is 0.328 e. The molecule has 0 spiro atoms. The van der Waals surface area contributed by atoms with E-state index in [1.165, 1.54) is 17.0 Å². The molecule has 4 N–H and O–H groups in total. The molecule has 1 aromatic heterocycles. The molecule has 182 valence electrons. The van der Waals surface area contributed by atoms with Crippen molar-refractivity contribution in [1.82, 2.24) is 4.98 Å². The molecule has 1 aromatic carbocycles. The summed E-state index contributed by atoms with van der Waals surface area (Å²) in [6, 6.07) is 8.06. The Morgan fingerprint density at radius 2 is 1.85 bits per heavy atom. The lowest BCUT2D eigenvalue weighted by molar-refractivity contribution is -0.137. The SMILES string of the molecule is CC1=CC(=O)CC(C)(C)[C@@]1(O)/C=C/C(C)=C\C(=O)O.O=C(O)CCCc1c[nH]c2ccccc12. The number of rotatable bonds is 7. The molecule has 1 atom stereocenters. The highest BCUT2D eigenvalue weighted by Crippen LogP contribution is 2.44. The van der Waals surface area contributed by atoms with Crippen molar-refractivity contribution in [1.29, 1.82) is 0 Å². The predicted molar refractivity (Wildman–Crippen MR) is 132 cm³/mol. The summed E-state index contributed by atoms with van der Waals surface area (Å²) >= 11 is 0. The van der Waals surface area contributed by atoms with Crippen LogP contribution in [0.1, 0.15) is 52.5 Å². The summed E-state index contributed by atoms with van der Waals surface area (Å²) in [6.45, 7) is 7.00. The van der Waals surface area contributed by atoms with Gasteiger partial charge in [0.2, 0.25) is 0 Å². The Labute approximate surface area is 199 Å². The highest BCUT2D eigenvalue weighted by atomic mass is 16.4. The average Bonchev–Trinajstić information content (AvgIpc) is 3.13. The van der Waals surface area contributed by atoms with Crippen LogP contribution in [0.25, 0.3) is 10.9 Å². The van der Waals surface area contributed by atoms with E-state index in [0.29, 0.717) is 17.6 Å². The summed E-state index contributed by atoms with van der Waals surface area (Å²) < 4.78 is 0. The normalized spacial score (nSPS) is 20.1. The molecule has 0 saturated carbocycles. The van der Waals surface area contributed by atoms with Crippen molar-refractivity contribution in [3.05, 3.63) is 71.5 Å². The zero-order valence-corrected chi connectivity index (χ0v) is 20.1. The standard InChI is InChI=1S/C15H20O4.C12H13NO2/c1-10(7-13(17)18)5-6-15(19)11(2)8-12(16)9-14(15,3)4;14-12(15)7-3-4-9-8-13-11-6-2-1-5-10(9)11/h5-8,19H,9H2,1-4H3,(H,17,18);1-2,5-6,8,13H,3-4,7H2,(H,14,15)/b6-5+,10-7-;/t15-;/m1./s1. The van der Waals surface area contributed by atoms with E-state index in [4.69, 9.17) is 10.2 Å². The van der Waals surface area contributed by atoms with Crippen LogP contribution in [-0.4, -0.2) is 43.6 Å². The van der Waals surface area contributed by atoms with Gasteiger partial charge in [-0.15, -0.1) is 0 Å². The number of H-pyrrole nitrogens is 1. The van der Waals surface area contributed by atoms with E-state index in [1.54, 1.807) is 26.0 Å². The van der Waals surface area contributed by atoms with Gasteiger partial charge >= 0.3 is 11.9 Å². The average molecular weight is 468 g/mol. The third-order valence-electron chi connectivity index (χ3n) is 6.08. The van der Waals surface area contributed by atoms with E-state index < -0.39 is 23.0 Å². The first-order valence-corrected chi connectivity index (χ1v) is 11.2. The number of carbonyl (C=O) groups is 3. The number of aliphatic hydroxyl groups is 1. The number of fused-ring (bicyclic) bond motifs is 1. The Bertz CT molecular complexity index is 1150. The number of aryl methyl sites for hydroxylation is 1. The molecular formula is C27H33NO6. The number of ketones is 1. The molecule has 34 heavy (non-hydrogen) atoms. The summed E-state index contributed by atoms with van der Waals surface area (Å²) in [5.41, 5.74) is 1.56. The highest BCUT2D eigenvalue weighted by Gasteiger charge is 2.46. The molecule has 0 unspecified atom stereocenters. The smallest absolute Gasteiger partial charge is 0.328 e. The van der Waals surface area contributed by atoms with Crippen LogP contribution in [0.2, 0.25) is 0 Å². The summed E-state index contributed by atoms with van der Waals surface area (Å²) in [4.78, 5) is 35.7.